The number of hydrogen-bond donors (Lipinski definition) is 3. The van der Waals surface area contributed by atoms with Crippen LogP contribution in [0.5, 0.6) is 5.75 Å². The molecule has 0 spiro atoms. The highest BCUT2D eigenvalue weighted by atomic mass is 79.9. The summed E-state index contributed by atoms with van der Waals surface area (Å²) in [5, 5.41) is 8.54. The van der Waals surface area contributed by atoms with Gasteiger partial charge in [-0.3, -0.25) is 14.9 Å². The van der Waals surface area contributed by atoms with E-state index < -0.39 is 0 Å². The molecule has 0 aliphatic rings. The Morgan fingerprint density at radius 1 is 0.875 bits per heavy atom. The molecule has 3 rings (SSSR count). The smallest absolute Gasteiger partial charge is 0.257 e. The maximum Gasteiger partial charge on any atom is 0.257 e. The molecule has 6 nitrogen and oxygen atoms in total. The van der Waals surface area contributed by atoms with Crippen LogP contribution in [0.3, 0.4) is 0 Å². The summed E-state index contributed by atoms with van der Waals surface area (Å²) in [7, 11) is 0. The fourth-order valence-corrected chi connectivity index (χ4v) is 3.48. The minimum absolute atomic E-state index is 0.123. The van der Waals surface area contributed by atoms with Crippen LogP contribution in [0.4, 0.5) is 11.4 Å². The minimum atomic E-state index is -0.358. The number of carbonyl (C=O) groups excluding carboxylic acids is 2. The van der Waals surface area contributed by atoms with Gasteiger partial charge >= 0.3 is 0 Å². The number of thiocarbonyl (C=S) groups is 1. The highest BCUT2D eigenvalue weighted by Crippen LogP contribution is 2.26. The van der Waals surface area contributed by atoms with E-state index in [1.807, 2.05) is 37.3 Å². The fraction of sp³-hybridized carbons (Fsp3) is 0.125. The van der Waals surface area contributed by atoms with E-state index in [9.17, 15) is 9.59 Å². The lowest BCUT2D eigenvalue weighted by molar-refractivity contribution is 0.0976. The lowest BCUT2D eigenvalue weighted by Crippen LogP contribution is -2.34. The summed E-state index contributed by atoms with van der Waals surface area (Å²) in [6.45, 7) is 2.62. The van der Waals surface area contributed by atoms with Gasteiger partial charge in [0.1, 0.15) is 5.75 Å². The third-order valence-corrected chi connectivity index (χ3v) is 5.12. The maximum absolute atomic E-state index is 12.5. The second-order valence-corrected chi connectivity index (χ2v) is 8.07. The van der Waals surface area contributed by atoms with Crippen molar-refractivity contribution >= 4 is 56.4 Å². The van der Waals surface area contributed by atoms with Crippen LogP contribution in [0.1, 0.15) is 34.1 Å². The zero-order chi connectivity index (χ0) is 22.9. The van der Waals surface area contributed by atoms with Gasteiger partial charge in [-0.15, -0.1) is 0 Å². The minimum Gasteiger partial charge on any atom is -0.492 e. The molecule has 2 amide bonds. The van der Waals surface area contributed by atoms with E-state index in [-0.39, 0.29) is 16.9 Å². The Kier molecular flexibility index (Phi) is 8.35. The fourth-order valence-electron chi connectivity index (χ4n) is 2.77. The molecule has 3 aromatic rings. The van der Waals surface area contributed by atoms with Crippen LogP contribution in [0.2, 0.25) is 0 Å². The van der Waals surface area contributed by atoms with Gasteiger partial charge in [0.15, 0.2) is 5.11 Å². The van der Waals surface area contributed by atoms with E-state index in [1.54, 1.807) is 42.5 Å². The van der Waals surface area contributed by atoms with E-state index in [0.717, 1.165) is 6.42 Å². The lowest BCUT2D eigenvalue weighted by Gasteiger charge is -2.12. The molecule has 0 saturated heterocycles. The molecule has 164 valence electrons. The van der Waals surface area contributed by atoms with Gasteiger partial charge in [0, 0.05) is 22.5 Å². The van der Waals surface area contributed by atoms with E-state index >= 15 is 0 Å². The average Bonchev–Trinajstić information content (AvgIpc) is 2.79. The Morgan fingerprint density at radius 2 is 1.59 bits per heavy atom. The van der Waals surface area contributed by atoms with Crippen molar-refractivity contribution in [2.75, 3.05) is 17.2 Å². The molecule has 8 heteroatoms. The molecule has 0 saturated carbocycles. The Morgan fingerprint density at radius 3 is 2.31 bits per heavy atom. The quantitative estimate of drug-likeness (QED) is 0.359. The molecule has 3 aromatic carbocycles. The third-order valence-electron chi connectivity index (χ3n) is 4.30. The molecule has 0 fully saturated rings. The van der Waals surface area contributed by atoms with Gasteiger partial charge in [0.05, 0.1) is 11.1 Å². The van der Waals surface area contributed by atoms with Gasteiger partial charge in [0.25, 0.3) is 11.8 Å². The first-order valence-corrected chi connectivity index (χ1v) is 11.2. The van der Waals surface area contributed by atoms with Gasteiger partial charge in [-0.2, -0.15) is 0 Å². The Labute approximate surface area is 200 Å². The molecule has 0 aromatic heterocycles. The van der Waals surface area contributed by atoms with Crippen molar-refractivity contribution in [2.45, 2.75) is 13.3 Å². The first-order valence-electron chi connectivity index (χ1n) is 9.97. The lowest BCUT2D eigenvalue weighted by atomic mass is 10.2. The number of para-hydroxylation sites is 1. The second kappa shape index (κ2) is 11.4. The highest BCUT2D eigenvalue weighted by molar-refractivity contribution is 9.10. The summed E-state index contributed by atoms with van der Waals surface area (Å²) in [4.78, 5) is 25.0. The predicted octanol–water partition coefficient (Wildman–Crippen LogP) is 5.62. The van der Waals surface area contributed by atoms with Gasteiger partial charge in [-0.25, -0.2) is 0 Å². The summed E-state index contributed by atoms with van der Waals surface area (Å²) in [6, 6.07) is 21.1. The zero-order valence-electron chi connectivity index (χ0n) is 17.4. The van der Waals surface area contributed by atoms with Gasteiger partial charge < -0.3 is 15.4 Å². The number of rotatable bonds is 7. The number of anilines is 2. The monoisotopic (exact) mass is 511 g/mol. The first-order chi connectivity index (χ1) is 15.5. The van der Waals surface area contributed by atoms with Crippen LogP contribution in [0.25, 0.3) is 0 Å². The van der Waals surface area contributed by atoms with E-state index in [0.29, 0.717) is 39.3 Å². The molecule has 0 atom stereocenters. The number of hydrogen-bond acceptors (Lipinski definition) is 4. The first kappa shape index (κ1) is 23.4. The third kappa shape index (κ3) is 6.63. The molecular weight excluding hydrogens is 490 g/mol. The Bertz CT molecular complexity index is 1120. The molecule has 3 N–H and O–H groups in total. The number of nitrogens with one attached hydrogen (secondary N) is 3. The molecular formula is C24H22BrN3O3S. The largest absolute Gasteiger partial charge is 0.492 e. The summed E-state index contributed by atoms with van der Waals surface area (Å²) in [6.07, 6.45) is 0.893. The summed E-state index contributed by atoms with van der Waals surface area (Å²) in [5.41, 5.74) is 2.18. The van der Waals surface area contributed by atoms with Gasteiger partial charge in [0.2, 0.25) is 0 Å². The SMILES string of the molecule is CCCOc1ccc(C(=O)NC(=S)Nc2cccc(C(=O)Nc3ccccc3)c2)cc1Br. The van der Waals surface area contributed by atoms with Crippen molar-refractivity contribution < 1.29 is 14.3 Å². The number of ether oxygens (including phenoxy) is 1. The van der Waals surface area contributed by atoms with Crippen LogP contribution in [-0.4, -0.2) is 23.5 Å². The van der Waals surface area contributed by atoms with E-state index in [4.69, 9.17) is 17.0 Å². The highest BCUT2D eigenvalue weighted by Gasteiger charge is 2.12. The molecule has 0 bridgehead atoms. The van der Waals surface area contributed by atoms with Gasteiger partial charge in [-0.1, -0.05) is 31.2 Å². The molecule has 0 aliphatic heterocycles. The Hall–Kier alpha value is -3.23. The molecule has 0 aliphatic carbocycles. The van der Waals surface area contributed by atoms with Crippen molar-refractivity contribution in [3.05, 3.63) is 88.4 Å². The number of benzene rings is 3. The van der Waals surface area contributed by atoms with Crippen LogP contribution in [-0.2, 0) is 0 Å². The van der Waals surface area contributed by atoms with E-state index in [1.165, 1.54) is 0 Å². The van der Waals surface area contributed by atoms with Crippen LogP contribution in [0.15, 0.2) is 77.3 Å². The summed E-state index contributed by atoms with van der Waals surface area (Å²) >= 11 is 8.68. The standard InChI is InChI=1S/C24H22BrN3O3S/c1-2-13-31-21-12-11-17(15-20(21)25)23(30)28-24(32)27-19-10-6-7-16(14-19)22(29)26-18-8-4-3-5-9-18/h3-12,14-15H,2,13H2,1H3,(H,26,29)(H2,27,28,30,32). The van der Waals surface area contributed by atoms with Crippen molar-refractivity contribution in [1.82, 2.24) is 5.32 Å². The zero-order valence-corrected chi connectivity index (χ0v) is 19.8. The van der Waals surface area contributed by atoms with Crippen molar-refractivity contribution in [3.63, 3.8) is 0 Å². The van der Waals surface area contributed by atoms with Crippen molar-refractivity contribution in [3.8, 4) is 5.75 Å². The molecule has 32 heavy (non-hydrogen) atoms. The maximum atomic E-state index is 12.5. The predicted molar refractivity (Wildman–Crippen MR) is 134 cm³/mol. The number of amides is 2. The molecule has 0 heterocycles. The second-order valence-electron chi connectivity index (χ2n) is 6.80. The van der Waals surface area contributed by atoms with Crippen molar-refractivity contribution in [2.24, 2.45) is 0 Å². The summed E-state index contributed by atoms with van der Waals surface area (Å²) < 4.78 is 6.29. The Balaban J connectivity index is 1.60. The van der Waals surface area contributed by atoms with Gasteiger partial charge in [-0.05, 0) is 83.1 Å². The molecule has 0 unspecified atom stereocenters. The molecule has 0 radical (unpaired) electrons. The number of carbonyl (C=O) groups is 2. The topological polar surface area (TPSA) is 79.5 Å². The van der Waals surface area contributed by atoms with Crippen molar-refractivity contribution in [1.29, 1.82) is 0 Å². The van der Waals surface area contributed by atoms with E-state index in [2.05, 4.69) is 31.9 Å². The van der Waals surface area contributed by atoms with Crippen LogP contribution < -0.4 is 20.7 Å². The number of halogens is 1. The summed E-state index contributed by atoms with van der Waals surface area (Å²) in [5.74, 6) is 0.0722. The van der Waals surface area contributed by atoms with Crippen LogP contribution in [0, 0.1) is 0 Å². The van der Waals surface area contributed by atoms with Crippen LogP contribution >= 0.6 is 28.1 Å². The normalized spacial score (nSPS) is 10.2. The average molecular weight is 512 g/mol.